The Hall–Kier alpha value is -2.62. The minimum absolute atomic E-state index is 0.0182. The molecule has 1 aromatic carbocycles. The first-order valence-electron chi connectivity index (χ1n) is 10.1. The van der Waals surface area contributed by atoms with Crippen molar-refractivity contribution in [2.45, 2.75) is 52.8 Å². The Kier molecular flexibility index (Phi) is 7.19. The molecule has 0 amide bonds. The number of aryl methyl sites for hydroxylation is 2. The minimum Gasteiger partial charge on any atom is -0.489 e. The van der Waals surface area contributed by atoms with Gasteiger partial charge < -0.3 is 20.9 Å². The van der Waals surface area contributed by atoms with E-state index >= 15 is 0 Å². The molecule has 2 unspecified atom stereocenters. The summed E-state index contributed by atoms with van der Waals surface area (Å²) in [5.41, 5.74) is 9.08. The number of aromatic nitrogens is 3. The Bertz CT molecular complexity index is 1050. The zero-order valence-corrected chi connectivity index (χ0v) is 19.1. The summed E-state index contributed by atoms with van der Waals surface area (Å²) in [7, 11) is 0. The molecule has 0 spiro atoms. The number of nitrogens with zero attached hydrogens (tertiary/aromatic N) is 3. The third-order valence-electron chi connectivity index (χ3n) is 4.74. The van der Waals surface area contributed by atoms with Crippen LogP contribution in [0.4, 0.5) is 10.2 Å². The van der Waals surface area contributed by atoms with E-state index in [1.54, 1.807) is 19.2 Å². The molecule has 2 aromatic heterocycles. The van der Waals surface area contributed by atoms with Crippen LogP contribution in [0.2, 0.25) is 0 Å². The Morgan fingerprint density at radius 3 is 2.48 bits per heavy atom. The lowest BCUT2D eigenvalue weighted by Gasteiger charge is -2.16. The van der Waals surface area contributed by atoms with Crippen molar-refractivity contribution in [3.63, 3.8) is 0 Å². The number of hydrogen-bond acceptors (Lipinski definition) is 8. The van der Waals surface area contributed by atoms with Crippen LogP contribution in [0.25, 0.3) is 21.1 Å². The third kappa shape index (κ3) is 5.55. The van der Waals surface area contributed by atoms with E-state index in [0.29, 0.717) is 15.6 Å². The highest BCUT2D eigenvalue weighted by molar-refractivity contribution is 7.17. The van der Waals surface area contributed by atoms with E-state index in [9.17, 15) is 9.50 Å². The largest absolute Gasteiger partial charge is 0.489 e. The number of pyridine rings is 1. The van der Waals surface area contributed by atoms with E-state index in [1.807, 2.05) is 19.9 Å². The van der Waals surface area contributed by atoms with Crippen LogP contribution in [-0.2, 0) is 0 Å². The maximum Gasteiger partial charge on any atom is 0.165 e. The third-order valence-corrected chi connectivity index (χ3v) is 5.74. The fourth-order valence-electron chi connectivity index (χ4n) is 2.89. The highest BCUT2D eigenvalue weighted by Gasteiger charge is 2.17. The first-order chi connectivity index (χ1) is 14.7. The molecule has 0 saturated heterocycles. The van der Waals surface area contributed by atoms with Crippen LogP contribution < -0.4 is 15.8 Å². The Morgan fingerprint density at radius 1 is 1.13 bits per heavy atom. The summed E-state index contributed by atoms with van der Waals surface area (Å²) in [6, 6.07) is 4.71. The van der Waals surface area contributed by atoms with Gasteiger partial charge in [-0.25, -0.2) is 9.37 Å². The Morgan fingerprint density at radius 2 is 1.84 bits per heavy atom. The van der Waals surface area contributed by atoms with Gasteiger partial charge in [-0.1, -0.05) is 11.3 Å². The quantitative estimate of drug-likeness (QED) is 0.482. The molecule has 0 bridgehead atoms. The molecular formula is C22H28FN5O2S. The smallest absolute Gasteiger partial charge is 0.165 e. The molecule has 31 heavy (non-hydrogen) atoms. The van der Waals surface area contributed by atoms with Gasteiger partial charge in [-0.2, -0.15) is 0 Å². The number of anilines is 1. The normalized spacial score (nSPS) is 13.3. The molecule has 0 fully saturated rings. The lowest BCUT2D eigenvalue weighted by atomic mass is 10.1. The van der Waals surface area contributed by atoms with Gasteiger partial charge in [0.1, 0.15) is 22.4 Å². The number of halogens is 1. The van der Waals surface area contributed by atoms with Crippen molar-refractivity contribution in [3.05, 3.63) is 41.3 Å². The highest BCUT2D eigenvalue weighted by Crippen LogP contribution is 2.35. The van der Waals surface area contributed by atoms with Gasteiger partial charge >= 0.3 is 0 Å². The number of benzene rings is 1. The molecule has 0 saturated carbocycles. The molecule has 3 aromatic rings. The van der Waals surface area contributed by atoms with E-state index in [2.05, 4.69) is 34.3 Å². The SMILES string of the molecule is Cc1cc(OCC(N)C(C)O)c(F)cc1-c1nnc(-c2cnc(NC(C)C)c(C)c2)s1. The highest BCUT2D eigenvalue weighted by atomic mass is 32.1. The summed E-state index contributed by atoms with van der Waals surface area (Å²) in [4.78, 5) is 4.49. The topological polar surface area (TPSA) is 106 Å². The monoisotopic (exact) mass is 445 g/mol. The molecule has 2 atom stereocenters. The molecule has 9 heteroatoms. The van der Waals surface area contributed by atoms with Crippen LogP contribution in [0.3, 0.4) is 0 Å². The predicted molar refractivity (Wildman–Crippen MR) is 122 cm³/mol. The second-order valence-corrected chi connectivity index (χ2v) is 8.89. The number of rotatable bonds is 8. The van der Waals surface area contributed by atoms with Crippen LogP contribution in [0.15, 0.2) is 24.4 Å². The van der Waals surface area contributed by atoms with Gasteiger partial charge in [0.2, 0.25) is 0 Å². The van der Waals surface area contributed by atoms with Gasteiger partial charge in [-0.3, -0.25) is 0 Å². The lowest BCUT2D eigenvalue weighted by molar-refractivity contribution is 0.129. The van der Waals surface area contributed by atoms with Crippen molar-refractivity contribution in [2.24, 2.45) is 5.73 Å². The maximum atomic E-state index is 14.6. The predicted octanol–water partition coefficient (Wildman–Crippen LogP) is 3.93. The molecule has 4 N–H and O–H groups in total. The van der Waals surface area contributed by atoms with Crippen LogP contribution in [0.1, 0.15) is 31.9 Å². The summed E-state index contributed by atoms with van der Waals surface area (Å²) < 4.78 is 20.1. The number of ether oxygens (including phenoxy) is 1. The summed E-state index contributed by atoms with van der Waals surface area (Å²) in [5, 5.41) is 22.6. The number of aliphatic hydroxyl groups excluding tert-OH is 1. The average molecular weight is 446 g/mol. The van der Waals surface area contributed by atoms with Crippen LogP contribution in [0, 0.1) is 19.7 Å². The van der Waals surface area contributed by atoms with Crippen molar-refractivity contribution < 1.29 is 14.2 Å². The van der Waals surface area contributed by atoms with Gasteiger partial charge in [-0.05, 0) is 63.9 Å². The fourth-order valence-corrected chi connectivity index (χ4v) is 3.79. The Labute approximate surface area is 185 Å². The lowest BCUT2D eigenvalue weighted by Crippen LogP contribution is -2.38. The van der Waals surface area contributed by atoms with Gasteiger partial charge in [0.15, 0.2) is 11.6 Å². The summed E-state index contributed by atoms with van der Waals surface area (Å²) in [5.74, 6) is 0.416. The molecule has 0 aliphatic heterocycles. The van der Waals surface area contributed by atoms with Crippen molar-refractivity contribution in [1.29, 1.82) is 0 Å². The second-order valence-electron chi connectivity index (χ2n) is 7.91. The van der Waals surface area contributed by atoms with E-state index in [-0.39, 0.29) is 18.4 Å². The summed E-state index contributed by atoms with van der Waals surface area (Å²) in [6.45, 7) is 9.55. The first-order valence-corrected chi connectivity index (χ1v) is 10.9. The number of hydrogen-bond donors (Lipinski definition) is 3. The maximum absolute atomic E-state index is 14.6. The minimum atomic E-state index is -0.739. The Balaban J connectivity index is 1.82. The van der Waals surface area contributed by atoms with Gasteiger partial charge in [0.05, 0.1) is 12.1 Å². The van der Waals surface area contributed by atoms with Crippen LogP contribution >= 0.6 is 11.3 Å². The van der Waals surface area contributed by atoms with Crippen molar-refractivity contribution in [2.75, 3.05) is 11.9 Å². The zero-order chi connectivity index (χ0) is 22.7. The van der Waals surface area contributed by atoms with Crippen LogP contribution in [-0.4, -0.2) is 45.1 Å². The van der Waals surface area contributed by atoms with Gasteiger partial charge in [-0.15, -0.1) is 10.2 Å². The van der Waals surface area contributed by atoms with E-state index in [0.717, 1.165) is 22.5 Å². The van der Waals surface area contributed by atoms with E-state index in [1.165, 1.54) is 17.4 Å². The molecule has 0 radical (unpaired) electrons. The molecule has 3 rings (SSSR count). The summed E-state index contributed by atoms with van der Waals surface area (Å²) in [6.07, 6.45) is 1.02. The standard InChI is InChI=1S/C22H28FN5O2S/c1-11(2)26-20-13(4)6-15(9-25-20)21-27-28-22(31-21)16-8-17(23)19(7-12(16)3)30-10-18(24)14(5)29/h6-9,11,14,18,29H,10,24H2,1-5H3,(H,25,26). The molecule has 2 heterocycles. The number of nitrogens with two attached hydrogens (primary N) is 1. The molecule has 166 valence electrons. The zero-order valence-electron chi connectivity index (χ0n) is 18.3. The van der Waals surface area contributed by atoms with Crippen molar-refractivity contribution in [1.82, 2.24) is 15.2 Å². The van der Waals surface area contributed by atoms with E-state index in [4.69, 9.17) is 10.5 Å². The average Bonchev–Trinajstić information content (AvgIpc) is 3.19. The van der Waals surface area contributed by atoms with Crippen LogP contribution in [0.5, 0.6) is 5.75 Å². The molecular weight excluding hydrogens is 417 g/mol. The van der Waals surface area contributed by atoms with Crippen molar-refractivity contribution >= 4 is 17.2 Å². The fraction of sp³-hybridized carbons (Fsp3) is 0.409. The van der Waals surface area contributed by atoms with Crippen molar-refractivity contribution in [3.8, 4) is 26.9 Å². The second kappa shape index (κ2) is 9.67. The first kappa shape index (κ1) is 23.1. The van der Waals surface area contributed by atoms with Gasteiger partial charge in [0.25, 0.3) is 0 Å². The molecule has 0 aliphatic rings. The van der Waals surface area contributed by atoms with Gasteiger partial charge in [0, 0.05) is 23.4 Å². The number of nitrogens with one attached hydrogen (secondary N) is 1. The summed E-state index contributed by atoms with van der Waals surface area (Å²) >= 11 is 1.38. The molecule has 7 nitrogen and oxygen atoms in total. The van der Waals surface area contributed by atoms with E-state index < -0.39 is 18.0 Å². The molecule has 0 aliphatic carbocycles. The number of aliphatic hydroxyl groups is 1.